The Morgan fingerprint density at radius 1 is 1.31 bits per heavy atom. The number of nitrogens with zero attached hydrogens (tertiary/aromatic N) is 2. The molecule has 0 bridgehead atoms. The van der Waals surface area contributed by atoms with Gasteiger partial charge in [-0.3, -0.25) is 14.9 Å². The van der Waals surface area contributed by atoms with E-state index in [0.29, 0.717) is 18.5 Å². The van der Waals surface area contributed by atoms with Crippen LogP contribution in [-0.4, -0.2) is 24.5 Å². The van der Waals surface area contributed by atoms with E-state index in [0.717, 1.165) is 5.56 Å². The molecule has 0 aliphatic heterocycles. The van der Waals surface area contributed by atoms with Crippen molar-refractivity contribution >= 4 is 17.7 Å². The minimum atomic E-state index is -0.581. The lowest BCUT2D eigenvalue weighted by molar-refractivity contribution is -0.385. The first-order valence-electron chi connectivity index (χ1n) is 7.81. The van der Waals surface area contributed by atoms with Crippen molar-refractivity contribution in [2.24, 2.45) is 0 Å². The maximum atomic E-state index is 12.2. The smallest absolute Gasteiger partial charge is 0.311 e. The fourth-order valence-corrected chi connectivity index (χ4v) is 2.32. The molecule has 0 aliphatic carbocycles. The van der Waals surface area contributed by atoms with Crippen molar-refractivity contribution in [1.82, 2.24) is 5.32 Å². The second-order valence-corrected chi connectivity index (χ2v) is 5.35. The number of nitriles is 1. The van der Waals surface area contributed by atoms with Crippen molar-refractivity contribution < 1.29 is 14.5 Å². The largest absolute Gasteiger partial charge is 0.490 e. The Morgan fingerprint density at radius 3 is 2.65 bits per heavy atom. The first-order chi connectivity index (χ1) is 12.5. The van der Waals surface area contributed by atoms with Crippen molar-refractivity contribution in [3.05, 3.63) is 75.3 Å². The summed E-state index contributed by atoms with van der Waals surface area (Å²) in [4.78, 5) is 22.6. The molecule has 0 spiro atoms. The van der Waals surface area contributed by atoms with Gasteiger partial charge in [-0.25, -0.2) is 0 Å². The number of carbonyl (C=O) groups is 1. The standard InChI is InChI=1S/C19H17N3O4/c1-26-18-8-7-15(12-17(18)22(24)25)11-16(13-20)19(23)21-10-9-14-5-3-2-4-6-14/h2-8,11-12H,9-10H2,1H3,(H,21,23)/b16-11-. The van der Waals surface area contributed by atoms with Gasteiger partial charge < -0.3 is 10.1 Å². The van der Waals surface area contributed by atoms with Crippen LogP contribution in [0.15, 0.2) is 54.1 Å². The minimum Gasteiger partial charge on any atom is -0.490 e. The Bertz CT molecular complexity index is 870. The van der Waals surface area contributed by atoms with Crippen LogP contribution in [0.25, 0.3) is 6.08 Å². The molecule has 2 rings (SSSR count). The van der Waals surface area contributed by atoms with Crippen molar-refractivity contribution in [3.8, 4) is 11.8 Å². The zero-order valence-corrected chi connectivity index (χ0v) is 14.1. The van der Waals surface area contributed by atoms with Gasteiger partial charge >= 0.3 is 5.69 Å². The number of hydrogen-bond acceptors (Lipinski definition) is 5. The molecule has 26 heavy (non-hydrogen) atoms. The number of ether oxygens (including phenoxy) is 1. The molecule has 1 amide bonds. The molecular weight excluding hydrogens is 334 g/mol. The molecule has 2 aromatic carbocycles. The predicted octanol–water partition coefficient (Wildman–Crippen LogP) is 2.87. The van der Waals surface area contributed by atoms with E-state index in [1.54, 1.807) is 6.07 Å². The molecule has 7 nitrogen and oxygen atoms in total. The predicted molar refractivity (Wildman–Crippen MR) is 96.4 cm³/mol. The van der Waals surface area contributed by atoms with Gasteiger partial charge in [0.05, 0.1) is 12.0 Å². The van der Waals surface area contributed by atoms with Crippen LogP contribution in [0.3, 0.4) is 0 Å². The number of rotatable bonds is 7. The van der Waals surface area contributed by atoms with E-state index in [1.807, 2.05) is 36.4 Å². The van der Waals surface area contributed by atoms with Crippen LogP contribution < -0.4 is 10.1 Å². The number of nitrogens with one attached hydrogen (secondary N) is 1. The van der Waals surface area contributed by atoms with Crippen LogP contribution in [0.5, 0.6) is 5.75 Å². The van der Waals surface area contributed by atoms with E-state index in [-0.39, 0.29) is 17.0 Å². The summed E-state index contributed by atoms with van der Waals surface area (Å²) in [6, 6.07) is 15.7. The number of methoxy groups -OCH3 is 1. The van der Waals surface area contributed by atoms with Crippen LogP contribution >= 0.6 is 0 Å². The van der Waals surface area contributed by atoms with Crippen LogP contribution in [-0.2, 0) is 11.2 Å². The van der Waals surface area contributed by atoms with Gasteiger partial charge in [-0.15, -0.1) is 0 Å². The van der Waals surface area contributed by atoms with E-state index in [9.17, 15) is 20.2 Å². The lowest BCUT2D eigenvalue weighted by atomic mass is 10.1. The molecule has 1 N–H and O–H groups in total. The van der Waals surface area contributed by atoms with Crippen molar-refractivity contribution in [2.45, 2.75) is 6.42 Å². The molecule has 0 radical (unpaired) electrons. The minimum absolute atomic E-state index is 0.109. The molecule has 0 aliphatic rings. The SMILES string of the molecule is COc1ccc(/C=C(/C#N)C(=O)NCCc2ccccc2)cc1[N+](=O)[O-]. The third-order valence-corrected chi connectivity index (χ3v) is 3.62. The Balaban J connectivity index is 2.09. The van der Waals surface area contributed by atoms with Gasteiger partial charge in [0, 0.05) is 12.6 Å². The number of nitro benzene ring substituents is 1. The zero-order chi connectivity index (χ0) is 18.9. The lowest BCUT2D eigenvalue weighted by Gasteiger charge is -2.05. The average molecular weight is 351 g/mol. The Morgan fingerprint density at radius 2 is 2.04 bits per heavy atom. The van der Waals surface area contributed by atoms with Gasteiger partial charge in [-0.2, -0.15) is 5.26 Å². The fourth-order valence-electron chi connectivity index (χ4n) is 2.32. The summed E-state index contributed by atoms with van der Waals surface area (Å²) < 4.78 is 4.93. The van der Waals surface area contributed by atoms with Gasteiger partial charge in [0.15, 0.2) is 5.75 Å². The highest BCUT2D eigenvalue weighted by atomic mass is 16.6. The number of amides is 1. The van der Waals surface area contributed by atoms with Crippen molar-refractivity contribution in [1.29, 1.82) is 5.26 Å². The van der Waals surface area contributed by atoms with E-state index >= 15 is 0 Å². The number of nitro groups is 1. The highest BCUT2D eigenvalue weighted by Gasteiger charge is 2.16. The molecule has 7 heteroatoms. The molecule has 0 saturated carbocycles. The number of benzene rings is 2. The summed E-state index contributed by atoms with van der Waals surface area (Å²) in [6.45, 7) is 0.380. The molecule has 0 aromatic heterocycles. The highest BCUT2D eigenvalue weighted by Crippen LogP contribution is 2.28. The molecule has 132 valence electrons. The lowest BCUT2D eigenvalue weighted by Crippen LogP contribution is -2.26. The highest BCUT2D eigenvalue weighted by molar-refractivity contribution is 6.01. The summed E-state index contributed by atoms with van der Waals surface area (Å²) in [6.07, 6.45) is 1.95. The van der Waals surface area contributed by atoms with E-state index in [1.165, 1.54) is 25.3 Å². The Kier molecular flexibility index (Phi) is 6.46. The van der Waals surface area contributed by atoms with Crippen LogP contribution in [0.4, 0.5) is 5.69 Å². The zero-order valence-electron chi connectivity index (χ0n) is 14.1. The normalized spacial score (nSPS) is 10.7. The maximum absolute atomic E-state index is 12.2. The van der Waals surface area contributed by atoms with E-state index in [4.69, 9.17) is 4.74 Å². The van der Waals surface area contributed by atoms with Gasteiger partial charge in [0.25, 0.3) is 5.91 Å². The second-order valence-electron chi connectivity index (χ2n) is 5.35. The van der Waals surface area contributed by atoms with Gasteiger partial charge in [0.1, 0.15) is 11.6 Å². The van der Waals surface area contributed by atoms with Crippen molar-refractivity contribution in [2.75, 3.05) is 13.7 Å². The van der Waals surface area contributed by atoms with Crippen molar-refractivity contribution in [3.63, 3.8) is 0 Å². The Labute approximate surface area is 150 Å². The molecule has 0 heterocycles. The van der Waals surface area contributed by atoms with E-state index < -0.39 is 10.8 Å². The van der Waals surface area contributed by atoms with Crippen LogP contribution in [0.1, 0.15) is 11.1 Å². The molecule has 0 saturated heterocycles. The summed E-state index contributed by atoms with van der Waals surface area (Å²) >= 11 is 0. The van der Waals surface area contributed by atoms with Crippen LogP contribution in [0, 0.1) is 21.4 Å². The molecule has 2 aromatic rings. The third kappa shape index (κ3) is 4.92. The quantitative estimate of drug-likeness (QED) is 0.357. The molecule has 0 atom stereocenters. The summed E-state index contributed by atoms with van der Waals surface area (Å²) in [5, 5.41) is 22.9. The van der Waals surface area contributed by atoms with Gasteiger partial charge in [0.2, 0.25) is 0 Å². The number of carbonyl (C=O) groups excluding carboxylic acids is 1. The molecular formula is C19H17N3O4. The third-order valence-electron chi connectivity index (χ3n) is 3.62. The summed E-state index contributed by atoms with van der Waals surface area (Å²) in [5.74, 6) is -0.417. The summed E-state index contributed by atoms with van der Waals surface area (Å²) in [5.41, 5.74) is 1.08. The van der Waals surface area contributed by atoms with Crippen LogP contribution in [0.2, 0.25) is 0 Å². The van der Waals surface area contributed by atoms with E-state index in [2.05, 4.69) is 5.32 Å². The van der Waals surface area contributed by atoms with Gasteiger partial charge in [-0.1, -0.05) is 36.4 Å². The maximum Gasteiger partial charge on any atom is 0.311 e. The molecule has 0 unspecified atom stereocenters. The second kappa shape index (κ2) is 8.99. The average Bonchev–Trinajstić information content (AvgIpc) is 2.66. The van der Waals surface area contributed by atoms with Gasteiger partial charge in [-0.05, 0) is 29.7 Å². The fraction of sp³-hybridized carbons (Fsp3) is 0.158. The first kappa shape index (κ1) is 18.7. The number of hydrogen-bond donors (Lipinski definition) is 1. The Hall–Kier alpha value is -3.66. The first-order valence-corrected chi connectivity index (χ1v) is 7.81. The molecule has 0 fully saturated rings. The monoisotopic (exact) mass is 351 g/mol. The topological polar surface area (TPSA) is 105 Å². The summed E-state index contributed by atoms with van der Waals surface area (Å²) in [7, 11) is 1.33.